The van der Waals surface area contributed by atoms with Crippen molar-refractivity contribution in [1.29, 1.82) is 0 Å². The van der Waals surface area contributed by atoms with Gasteiger partial charge in [0.2, 0.25) is 0 Å². The molecule has 0 spiro atoms. The maximum Gasteiger partial charge on any atom is 0.120 e. The molecule has 1 N–H and O–H groups in total. The first-order valence-corrected chi connectivity index (χ1v) is 7.20. The van der Waals surface area contributed by atoms with Crippen LogP contribution in [-0.4, -0.2) is 12.3 Å². The highest BCUT2D eigenvalue weighted by atomic mass is 32.2. The van der Waals surface area contributed by atoms with Gasteiger partial charge in [-0.25, -0.2) is 0 Å². The summed E-state index contributed by atoms with van der Waals surface area (Å²) in [5.41, 5.74) is 1.32. The topological polar surface area (TPSA) is 25.2 Å². The SMILES string of the molecule is Cc1cccc(SCCNC(C)c2ccco2)c1. The van der Waals surface area contributed by atoms with Crippen LogP contribution in [0.4, 0.5) is 0 Å². The monoisotopic (exact) mass is 261 g/mol. The van der Waals surface area contributed by atoms with Crippen LogP contribution in [-0.2, 0) is 0 Å². The lowest BCUT2D eigenvalue weighted by Gasteiger charge is -2.10. The van der Waals surface area contributed by atoms with Crippen molar-refractivity contribution < 1.29 is 4.42 Å². The molecule has 1 atom stereocenters. The minimum atomic E-state index is 0.276. The average molecular weight is 261 g/mol. The smallest absolute Gasteiger partial charge is 0.120 e. The molecule has 2 aromatic rings. The number of benzene rings is 1. The number of thioether (sulfide) groups is 1. The fraction of sp³-hybridized carbons (Fsp3) is 0.333. The molecule has 1 aromatic heterocycles. The van der Waals surface area contributed by atoms with Crippen LogP contribution < -0.4 is 5.32 Å². The molecule has 2 nitrogen and oxygen atoms in total. The Morgan fingerprint density at radius 1 is 1.28 bits per heavy atom. The van der Waals surface area contributed by atoms with Gasteiger partial charge < -0.3 is 9.73 Å². The zero-order valence-corrected chi connectivity index (χ0v) is 11.7. The van der Waals surface area contributed by atoms with E-state index in [0.717, 1.165) is 18.1 Å². The summed E-state index contributed by atoms with van der Waals surface area (Å²) < 4.78 is 5.36. The molecule has 0 saturated carbocycles. The second kappa shape index (κ2) is 6.66. The van der Waals surface area contributed by atoms with Crippen LogP contribution in [0.1, 0.15) is 24.3 Å². The van der Waals surface area contributed by atoms with Crippen molar-refractivity contribution in [3.63, 3.8) is 0 Å². The van der Waals surface area contributed by atoms with Gasteiger partial charge in [0.15, 0.2) is 0 Å². The molecule has 2 rings (SSSR count). The van der Waals surface area contributed by atoms with Gasteiger partial charge in [-0.15, -0.1) is 11.8 Å². The number of hydrogen-bond acceptors (Lipinski definition) is 3. The third kappa shape index (κ3) is 3.93. The average Bonchev–Trinajstić information content (AvgIpc) is 2.88. The van der Waals surface area contributed by atoms with E-state index in [4.69, 9.17) is 4.42 Å². The van der Waals surface area contributed by atoms with E-state index in [1.165, 1.54) is 10.5 Å². The van der Waals surface area contributed by atoms with E-state index in [1.54, 1.807) is 6.26 Å². The van der Waals surface area contributed by atoms with Crippen LogP contribution in [0.5, 0.6) is 0 Å². The highest BCUT2D eigenvalue weighted by Crippen LogP contribution is 2.18. The molecule has 0 amide bonds. The normalized spacial score (nSPS) is 12.6. The van der Waals surface area contributed by atoms with Gasteiger partial charge >= 0.3 is 0 Å². The van der Waals surface area contributed by atoms with E-state index in [2.05, 4.69) is 43.4 Å². The third-order valence-corrected chi connectivity index (χ3v) is 3.78. The molecule has 1 unspecified atom stereocenters. The molecule has 0 saturated heterocycles. The lowest BCUT2D eigenvalue weighted by atomic mass is 10.2. The van der Waals surface area contributed by atoms with Gasteiger partial charge in [-0.3, -0.25) is 0 Å². The summed E-state index contributed by atoms with van der Waals surface area (Å²) in [7, 11) is 0. The summed E-state index contributed by atoms with van der Waals surface area (Å²) >= 11 is 1.88. The van der Waals surface area contributed by atoms with Crippen LogP contribution in [0.2, 0.25) is 0 Å². The van der Waals surface area contributed by atoms with Crippen molar-refractivity contribution in [3.8, 4) is 0 Å². The predicted molar refractivity (Wildman–Crippen MR) is 77.0 cm³/mol. The van der Waals surface area contributed by atoms with Crippen molar-refractivity contribution in [2.24, 2.45) is 0 Å². The van der Waals surface area contributed by atoms with E-state index < -0.39 is 0 Å². The van der Waals surface area contributed by atoms with Gasteiger partial charge in [0.1, 0.15) is 5.76 Å². The van der Waals surface area contributed by atoms with Gasteiger partial charge in [0.25, 0.3) is 0 Å². The Morgan fingerprint density at radius 3 is 2.89 bits per heavy atom. The molecule has 18 heavy (non-hydrogen) atoms. The summed E-state index contributed by atoms with van der Waals surface area (Å²) in [6.45, 7) is 5.22. The maximum atomic E-state index is 5.36. The fourth-order valence-electron chi connectivity index (χ4n) is 1.79. The molecule has 1 aromatic carbocycles. The Kier molecular flexibility index (Phi) is 4.90. The second-order valence-corrected chi connectivity index (χ2v) is 5.52. The lowest BCUT2D eigenvalue weighted by Crippen LogP contribution is -2.20. The van der Waals surface area contributed by atoms with Gasteiger partial charge in [0.05, 0.1) is 12.3 Å². The van der Waals surface area contributed by atoms with Crippen molar-refractivity contribution in [3.05, 3.63) is 54.0 Å². The van der Waals surface area contributed by atoms with Crippen LogP contribution in [0.25, 0.3) is 0 Å². The Bertz CT molecular complexity index is 467. The van der Waals surface area contributed by atoms with Gasteiger partial charge in [0, 0.05) is 17.2 Å². The molecule has 0 bridgehead atoms. The largest absolute Gasteiger partial charge is 0.468 e. The summed E-state index contributed by atoms with van der Waals surface area (Å²) in [5, 5.41) is 3.46. The Balaban J connectivity index is 1.70. The molecular formula is C15H19NOS. The number of aryl methyl sites for hydroxylation is 1. The first kappa shape index (κ1) is 13.2. The lowest BCUT2D eigenvalue weighted by molar-refractivity contribution is 0.438. The second-order valence-electron chi connectivity index (χ2n) is 4.36. The summed E-state index contributed by atoms with van der Waals surface area (Å²) in [5.74, 6) is 2.06. The molecule has 0 fully saturated rings. The number of rotatable bonds is 6. The first-order valence-electron chi connectivity index (χ1n) is 6.22. The van der Waals surface area contributed by atoms with Crippen LogP contribution in [0.15, 0.2) is 52.0 Å². The molecule has 0 aliphatic carbocycles. The highest BCUT2D eigenvalue weighted by Gasteiger charge is 2.06. The van der Waals surface area contributed by atoms with Gasteiger partial charge in [-0.1, -0.05) is 17.7 Å². The number of hydrogen-bond donors (Lipinski definition) is 1. The van der Waals surface area contributed by atoms with Crippen molar-refractivity contribution >= 4 is 11.8 Å². The quantitative estimate of drug-likeness (QED) is 0.628. The van der Waals surface area contributed by atoms with Gasteiger partial charge in [-0.2, -0.15) is 0 Å². The molecule has 1 heterocycles. The van der Waals surface area contributed by atoms with Crippen molar-refractivity contribution in [2.75, 3.05) is 12.3 Å². The summed E-state index contributed by atoms with van der Waals surface area (Å²) in [6, 6.07) is 12.8. The van der Waals surface area contributed by atoms with Crippen LogP contribution in [0, 0.1) is 6.92 Å². The Labute approximate surface area is 113 Å². The Hall–Kier alpha value is -1.19. The zero-order chi connectivity index (χ0) is 12.8. The van der Waals surface area contributed by atoms with E-state index in [1.807, 2.05) is 23.9 Å². The molecule has 96 valence electrons. The van der Waals surface area contributed by atoms with E-state index in [-0.39, 0.29) is 6.04 Å². The number of nitrogens with one attached hydrogen (secondary N) is 1. The minimum Gasteiger partial charge on any atom is -0.468 e. The van der Waals surface area contributed by atoms with E-state index >= 15 is 0 Å². The van der Waals surface area contributed by atoms with E-state index in [9.17, 15) is 0 Å². The van der Waals surface area contributed by atoms with Crippen molar-refractivity contribution in [1.82, 2.24) is 5.32 Å². The molecular weight excluding hydrogens is 242 g/mol. The summed E-state index contributed by atoms with van der Waals surface area (Å²) in [6.07, 6.45) is 1.72. The molecule has 0 radical (unpaired) electrons. The molecule has 0 aliphatic rings. The third-order valence-electron chi connectivity index (χ3n) is 2.78. The molecule has 3 heteroatoms. The standard InChI is InChI=1S/C15H19NOS/c1-12-5-3-6-14(11-12)18-10-8-16-13(2)15-7-4-9-17-15/h3-7,9,11,13,16H,8,10H2,1-2H3. The van der Waals surface area contributed by atoms with E-state index in [0.29, 0.717) is 0 Å². The summed E-state index contributed by atoms with van der Waals surface area (Å²) in [4.78, 5) is 1.34. The minimum absolute atomic E-state index is 0.276. The molecule has 0 aliphatic heterocycles. The predicted octanol–water partition coefficient (Wildman–Crippen LogP) is 4.03. The first-order chi connectivity index (χ1) is 8.75. The van der Waals surface area contributed by atoms with Gasteiger partial charge in [-0.05, 0) is 38.1 Å². The number of furan rings is 1. The van der Waals surface area contributed by atoms with Crippen molar-refractivity contribution in [2.45, 2.75) is 24.8 Å². The zero-order valence-electron chi connectivity index (χ0n) is 10.8. The fourth-order valence-corrected chi connectivity index (χ4v) is 2.69. The highest BCUT2D eigenvalue weighted by molar-refractivity contribution is 7.99. The van der Waals surface area contributed by atoms with Crippen LogP contribution >= 0.6 is 11.8 Å². The maximum absolute atomic E-state index is 5.36. The van der Waals surface area contributed by atoms with Crippen LogP contribution in [0.3, 0.4) is 0 Å². The Morgan fingerprint density at radius 2 is 2.17 bits per heavy atom.